The van der Waals surface area contributed by atoms with E-state index < -0.39 is 34.2 Å². The maximum atomic E-state index is 13.7. The Morgan fingerprint density at radius 1 is 1.17 bits per heavy atom. The van der Waals surface area contributed by atoms with E-state index in [4.69, 9.17) is 4.74 Å². The lowest BCUT2D eigenvalue weighted by Crippen LogP contribution is -2.42. The first-order valence-electron chi connectivity index (χ1n) is 8.88. The number of hydrogen-bond donors (Lipinski definition) is 0. The van der Waals surface area contributed by atoms with Crippen molar-refractivity contribution in [3.05, 3.63) is 58.3 Å². The molecule has 9 heteroatoms. The van der Waals surface area contributed by atoms with Gasteiger partial charge in [0.05, 0.1) is 18.6 Å². The predicted octanol–water partition coefficient (Wildman–Crippen LogP) is 3.34. The molecule has 1 aliphatic heterocycles. The van der Waals surface area contributed by atoms with Crippen LogP contribution in [0.2, 0.25) is 0 Å². The molecule has 1 unspecified atom stereocenters. The third kappa shape index (κ3) is 4.67. The van der Waals surface area contributed by atoms with Crippen LogP contribution in [-0.4, -0.2) is 38.1 Å². The molecule has 1 saturated heterocycles. The van der Waals surface area contributed by atoms with Gasteiger partial charge in [0.2, 0.25) is 5.91 Å². The third-order valence-corrected chi connectivity index (χ3v) is 7.08. The first-order chi connectivity index (χ1) is 13.7. The van der Waals surface area contributed by atoms with Crippen LogP contribution in [0.1, 0.15) is 18.4 Å². The van der Waals surface area contributed by atoms with Gasteiger partial charge in [0, 0.05) is 16.8 Å². The van der Waals surface area contributed by atoms with Crippen LogP contribution in [0.3, 0.4) is 0 Å². The van der Waals surface area contributed by atoms with Gasteiger partial charge in [0.1, 0.15) is 11.6 Å². The van der Waals surface area contributed by atoms with Crippen molar-refractivity contribution in [1.29, 1.82) is 0 Å². The molecule has 29 heavy (non-hydrogen) atoms. The van der Waals surface area contributed by atoms with Gasteiger partial charge in [0.25, 0.3) is 10.0 Å². The summed E-state index contributed by atoms with van der Waals surface area (Å²) in [5.74, 6) is -1.89. The summed E-state index contributed by atoms with van der Waals surface area (Å²) in [6, 6.07) is 9.78. The molecule has 0 aromatic heterocycles. The van der Waals surface area contributed by atoms with Crippen molar-refractivity contribution in [2.45, 2.75) is 24.2 Å². The number of carbonyl (C=O) groups is 2. The maximum Gasteiger partial charge on any atom is 0.266 e. The number of hydrogen-bond acceptors (Lipinski definition) is 5. The quantitative estimate of drug-likeness (QED) is 0.651. The van der Waals surface area contributed by atoms with Crippen molar-refractivity contribution in [3.8, 4) is 5.75 Å². The van der Waals surface area contributed by atoms with Gasteiger partial charge in [-0.25, -0.2) is 17.1 Å². The van der Waals surface area contributed by atoms with Crippen LogP contribution in [0.5, 0.6) is 5.75 Å². The highest BCUT2D eigenvalue weighted by Crippen LogP contribution is 2.29. The van der Waals surface area contributed by atoms with E-state index in [2.05, 4.69) is 15.9 Å². The van der Waals surface area contributed by atoms with Crippen LogP contribution in [-0.2, 0) is 26.0 Å². The second kappa shape index (κ2) is 8.62. The molecule has 1 heterocycles. The fourth-order valence-corrected chi connectivity index (χ4v) is 4.98. The Hall–Kier alpha value is -2.26. The Morgan fingerprint density at radius 3 is 2.52 bits per heavy atom. The van der Waals surface area contributed by atoms with Gasteiger partial charge in [-0.3, -0.25) is 9.59 Å². The summed E-state index contributed by atoms with van der Waals surface area (Å²) < 4.78 is 46.3. The summed E-state index contributed by atoms with van der Waals surface area (Å²) in [6.45, 7) is -0.506. The van der Waals surface area contributed by atoms with E-state index in [0.29, 0.717) is 20.1 Å². The normalized spacial score (nSPS) is 17.9. The van der Waals surface area contributed by atoms with Crippen molar-refractivity contribution in [3.63, 3.8) is 0 Å². The number of ketones is 1. The summed E-state index contributed by atoms with van der Waals surface area (Å²) in [6.07, 6.45) is 0.323. The van der Waals surface area contributed by atoms with E-state index in [-0.39, 0.29) is 29.9 Å². The van der Waals surface area contributed by atoms with E-state index in [1.165, 1.54) is 37.4 Å². The zero-order chi connectivity index (χ0) is 21.2. The number of benzene rings is 2. The van der Waals surface area contributed by atoms with Crippen LogP contribution in [0.25, 0.3) is 0 Å². The smallest absolute Gasteiger partial charge is 0.266 e. The number of sulfonamides is 1. The molecule has 3 rings (SSSR count). The standard InChI is InChI=1S/C20H19BrFNO5S/c1-28-19-9-5-16(22)11-14(19)10-13-2-6-17(24)12-23(20(13)25)29(26,27)18-7-3-15(21)4-8-18/h3-5,7-9,11,13H,2,6,10,12H2,1H3. The highest BCUT2D eigenvalue weighted by Gasteiger charge is 2.38. The Balaban J connectivity index is 1.95. The van der Waals surface area contributed by atoms with Gasteiger partial charge in [-0.2, -0.15) is 0 Å². The molecule has 154 valence electrons. The molecular weight excluding hydrogens is 465 g/mol. The second-order valence-electron chi connectivity index (χ2n) is 6.74. The number of amides is 1. The second-order valence-corrected chi connectivity index (χ2v) is 9.52. The number of ether oxygens (including phenoxy) is 1. The fourth-order valence-electron chi connectivity index (χ4n) is 3.28. The fraction of sp³-hybridized carbons (Fsp3) is 0.300. The number of halogens is 2. The number of rotatable bonds is 5. The van der Waals surface area contributed by atoms with Gasteiger partial charge in [0.15, 0.2) is 5.78 Å². The average molecular weight is 484 g/mol. The van der Waals surface area contributed by atoms with Gasteiger partial charge < -0.3 is 4.74 Å². The number of methoxy groups -OCH3 is 1. The topological polar surface area (TPSA) is 80.8 Å². The Bertz CT molecular complexity index is 1040. The van der Waals surface area contributed by atoms with Crippen LogP contribution in [0, 0.1) is 11.7 Å². The number of carbonyl (C=O) groups excluding carboxylic acids is 2. The number of Topliss-reactive ketones (excluding diaryl/α,β-unsaturated/α-hetero) is 1. The van der Waals surface area contributed by atoms with E-state index in [1.807, 2.05) is 0 Å². The minimum Gasteiger partial charge on any atom is -0.496 e. The van der Waals surface area contributed by atoms with Crippen molar-refractivity contribution in [2.75, 3.05) is 13.7 Å². The average Bonchev–Trinajstić information content (AvgIpc) is 2.82. The Morgan fingerprint density at radius 2 is 1.86 bits per heavy atom. The van der Waals surface area contributed by atoms with Gasteiger partial charge in [-0.15, -0.1) is 0 Å². The molecule has 0 spiro atoms. The molecular formula is C20H19BrFNO5S. The molecule has 0 saturated carbocycles. The molecule has 2 aromatic carbocycles. The predicted molar refractivity (Wildman–Crippen MR) is 107 cm³/mol. The first kappa shape index (κ1) is 21.4. The number of nitrogens with zero attached hydrogens (tertiary/aromatic N) is 1. The molecule has 1 atom stereocenters. The Kier molecular flexibility index (Phi) is 6.38. The largest absolute Gasteiger partial charge is 0.496 e. The van der Waals surface area contributed by atoms with Crippen LogP contribution in [0.15, 0.2) is 51.8 Å². The molecule has 2 aromatic rings. The van der Waals surface area contributed by atoms with E-state index in [9.17, 15) is 22.4 Å². The highest BCUT2D eigenvalue weighted by atomic mass is 79.9. The summed E-state index contributed by atoms with van der Waals surface area (Å²) in [4.78, 5) is 25.2. The van der Waals surface area contributed by atoms with Crippen molar-refractivity contribution in [2.24, 2.45) is 5.92 Å². The zero-order valence-corrected chi connectivity index (χ0v) is 18.0. The maximum absolute atomic E-state index is 13.7. The van der Waals surface area contributed by atoms with Crippen molar-refractivity contribution in [1.82, 2.24) is 4.31 Å². The lowest BCUT2D eigenvalue weighted by Gasteiger charge is -2.24. The van der Waals surface area contributed by atoms with Crippen LogP contribution < -0.4 is 4.74 Å². The Labute approximate surface area is 176 Å². The van der Waals surface area contributed by atoms with Crippen LogP contribution in [0.4, 0.5) is 4.39 Å². The molecule has 0 aliphatic carbocycles. The van der Waals surface area contributed by atoms with Gasteiger partial charge >= 0.3 is 0 Å². The lowest BCUT2D eigenvalue weighted by molar-refractivity contribution is -0.131. The van der Waals surface area contributed by atoms with Crippen molar-refractivity contribution >= 4 is 37.6 Å². The van der Waals surface area contributed by atoms with E-state index >= 15 is 0 Å². The minimum atomic E-state index is -4.20. The van der Waals surface area contributed by atoms with E-state index in [0.717, 1.165) is 0 Å². The molecule has 0 radical (unpaired) electrons. The molecule has 1 aliphatic rings. The summed E-state index contributed by atoms with van der Waals surface area (Å²) in [5, 5.41) is 0. The third-order valence-electron chi connectivity index (χ3n) is 4.80. The van der Waals surface area contributed by atoms with Gasteiger partial charge in [-0.05, 0) is 60.9 Å². The first-order valence-corrected chi connectivity index (χ1v) is 11.1. The van der Waals surface area contributed by atoms with E-state index in [1.54, 1.807) is 12.1 Å². The molecule has 1 fully saturated rings. The molecule has 0 N–H and O–H groups in total. The van der Waals surface area contributed by atoms with Gasteiger partial charge in [-0.1, -0.05) is 15.9 Å². The minimum absolute atomic E-state index is 0.0689. The SMILES string of the molecule is COc1ccc(F)cc1CC1CCC(=O)CN(S(=O)(=O)c2ccc(Br)cc2)C1=O. The zero-order valence-electron chi connectivity index (χ0n) is 15.6. The summed E-state index contributed by atoms with van der Waals surface area (Å²) >= 11 is 3.24. The van der Waals surface area contributed by atoms with Crippen LogP contribution >= 0.6 is 15.9 Å². The summed E-state index contributed by atoms with van der Waals surface area (Å²) in [5.41, 5.74) is 0.446. The summed E-state index contributed by atoms with van der Waals surface area (Å²) in [7, 11) is -2.77. The van der Waals surface area contributed by atoms with Crippen molar-refractivity contribution < 1.29 is 27.1 Å². The molecule has 0 bridgehead atoms. The molecule has 6 nitrogen and oxygen atoms in total. The highest BCUT2D eigenvalue weighted by molar-refractivity contribution is 9.10. The molecule has 1 amide bonds. The monoisotopic (exact) mass is 483 g/mol. The lowest BCUT2D eigenvalue weighted by atomic mass is 9.93.